The van der Waals surface area contributed by atoms with Gasteiger partial charge in [0, 0.05) is 22.9 Å². The Labute approximate surface area is 153 Å². The Morgan fingerprint density at radius 2 is 2.21 bits per heavy atom. The summed E-state index contributed by atoms with van der Waals surface area (Å²) in [6.07, 6.45) is 1.67. The van der Waals surface area contributed by atoms with E-state index in [9.17, 15) is 0 Å². The molecule has 0 aliphatic heterocycles. The number of rotatable bonds is 7. The molecule has 1 aromatic carbocycles. The van der Waals surface area contributed by atoms with Crippen LogP contribution in [0, 0.1) is 5.92 Å². The predicted octanol–water partition coefficient (Wildman–Crippen LogP) is 5.21. The second-order valence-corrected chi connectivity index (χ2v) is 8.23. The summed E-state index contributed by atoms with van der Waals surface area (Å²) in [6.45, 7) is 5.21. The summed E-state index contributed by atoms with van der Waals surface area (Å²) < 4.78 is 6.45. The minimum atomic E-state index is 0.574. The molecule has 0 unspecified atom stereocenters. The minimum Gasteiger partial charge on any atom is -0.444 e. The van der Waals surface area contributed by atoms with Crippen molar-refractivity contribution in [1.82, 2.24) is 15.2 Å². The topological polar surface area (TPSA) is 63.8 Å². The molecule has 2 aromatic heterocycles. The molecular formula is C16H17ClN4OS2. The van der Waals surface area contributed by atoms with Gasteiger partial charge >= 0.3 is 0 Å². The van der Waals surface area contributed by atoms with Gasteiger partial charge in [-0.05, 0) is 24.1 Å². The van der Waals surface area contributed by atoms with Gasteiger partial charge in [-0.3, -0.25) is 0 Å². The molecule has 0 bridgehead atoms. The van der Waals surface area contributed by atoms with Crippen LogP contribution in [0.4, 0.5) is 5.13 Å². The maximum atomic E-state index is 6.00. The van der Waals surface area contributed by atoms with Crippen molar-refractivity contribution in [3.63, 3.8) is 0 Å². The summed E-state index contributed by atoms with van der Waals surface area (Å²) in [5.41, 5.74) is 1.73. The summed E-state index contributed by atoms with van der Waals surface area (Å²) in [5, 5.41) is 13.1. The molecule has 0 aliphatic rings. The quantitative estimate of drug-likeness (QED) is 0.568. The number of benzene rings is 1. The number of oxazole rings is 1. The summed E-state index contributed by atoms with van der Waals surface area (Å²) in [6, 6.07) is 7.46. The van der Waals surface area contributed by atoms with E-state index in [-0.39, 0.29) is 0 Å². The zero-order chi connectivity index (χ0) is 16.9. The molecule has 0 amide bonds. The van der Waals surface area contributed by atoms with Gasteiger partial charge in [0.15, 0.2) is 4.34 Å². The average Bonchev–Trinajstić information content (AvgIpc) is 3.20. The number of thioether (sulfide) groups is 1. The van der Waals surface area contributed by atoms with Gasteiger partial charge in [-0.25, -0.2) is 4.98 Å². The molecule has 0 fully saturated rings. The van der Waals surface area contributed by atoms with Gasteiger partial charge in [0.05, 0.1) is 5.69 Å². The molecule has 0 atom stereocenters. The Bertz CT molecular complexity index is 803. The Kier molecular flexibility index (Phi) is 5.76. The van der Waals surface area contributed by atoms with Crippen molar-refractivity contribution in [1.29, 1.82) is 0 Å². The van der Waals surface area contributed by atoms with Crippen LogP contribution in [-0.4, -0.2) is 21.7 Å². The smallest absolute Gasteiger partial charge is 0.226 e. The molecule has 0 saturated heterocycles. The number of aromatic nitrogens is 3. The first-order chi connectivity index (χ1) is 11.6. The van der Waals surface area contributed by atoms with Crippen molar-refractivity contribution in [2.45, 2.75) is 23.9 Å². The highest BCUT2D eigenvalue weighted by molar-refractivity contribution is 8.00. The Morgan fingerprint density at radius 3 is 3.00 bits per heavy atom. The second-order valence-electron chi connectivity index (χ2n) is 5.59. The summed E-state index contributed by atoms with van der Waals surface area (Å²) in [7, 11) is 0. The highest BCUT2D eigenvalue weighted by Gasteiger charge is 2.10. The van der Waals surface area contributed by atoms with Crippen LogP contribution in [0.25, 0.3) is 11.5 Å². The third kappa shape index (κ3) is 4.72. The molecule has 126 valence electrons. The van der Waals surface area contributed by atoms with Crippen LogP contribution >= 0.6 is 34.7 Å². The van der Waals surface area contributed by atoms with Crippen molar-refractivity contribution in [3.8, 4) is 11.5 Å². The van der Waals surface area contributed by atoms with E-state index < -0.39 is 0 Å². The van der Waals surface area contributed by atoms with Crippen molar-refractivity contribution in [3.05, 3.63) is 41.2 Å². The fourth-order valence-corrected chi connectivity index (χ4v) is 3.72. The first-order valence-corrected chi connectivity index (χ1v) is 9.68. The van der Waals surface area contributed by atoms with Gasteiger partial charge in [-0.15, -0.1) is 10.2 Å². The third-order valence-electron chi connectivity index (χ3n) is 3.03. The molecule has 0 aliphatic carbocycles. The molecule has 3 rings (SSSR count). The minimum absolute atomic E-state index is 0.574. The number of nitrogens with one attached hydrogen (secondary N) is 1. The van der Waals surface area contributed by atoms with Crippen molar-refractivity contribution < 1.29 is 4.42 Å². The number of nitrogens with zero attached hydrogens (tertiary/aromatic N) is 3. The van der Waals surface area contributed by atoms with Gasteiger partial charge in [0.1, 0.15) is 6.26 Å². The molecule has 24 heavy (non-hydrogen) atoms. The predicted molar refractivity (Wildman–Crippen MR) is 99.7 cm³/mol. The third-order valence-corrected chi connectivity index (χ3v) is 5.32. The average molecular weight is 381 g/mol. The Hall–Kier alpha value is -1.57. The highest BCUT2D eigenvalue weighted by Crippen LogP contribution is 2.29. The lowest BCUT2D eigenvalue weighted by molar-refractivity contribution is 0.573. The molecule has 3 aromatic rings. The van der Waals surface area contributed by atoms with E-state index in [2.05, 4.69) is 34.3 Å². The van der Waals surface area contributed by atoms with E-state index in [4.69, 9.17) is 16.0 Å². The van der Waals surface area contributed by atoms with E-state index in [1.807, 2.05) is 24.3 Å². The molecular weight excluding hydrogens is 364 g/mol. The largest absolute Gasteiger partial charge is 0.444 e. The monoisotopic (exact) mass is 380 g/mol. The van der Waals surface area contributed by atoms with E-state index in [0.29, 0.717) is 22.6 Å². The van der Waals surface area contributed by atoms with E-state index in [1.165, 1.54) is 0 Å². The second kappa shape index (κ2) is 8.00. The maximum absolute atomic E-state index is 6.00. The van der Waals surface area contributed by atoms with Gasteiger partial charge in [-0.2, -0.15) is 0 Å². The van der Waals surface area contributed by atoms with Crippen molar-refractivity contribution in [2.75, 3.05) is 11.9 Å². The van der Waals surface area contributed by atoms with E-state index in [1.54, 1.807) is 29.4 Å². The van der Waals surface area contributed by atoms with Crippen molar-refractivity contribution >= 4 is 39.8 Å². The zero-order valence-electron chi connectivity index (χ0n) is 13.3. The summed E-state index contributed by atoms with van der Waals surface area (Å²) in [4.78, 5) is 4.50. The Balaban J connectivity index is 1.58. The van der Waals surface area contributed by atoms with Crippen LogP contribution in [0.15, 0.2) is 39.3 Å². The van der Waals surface area contributed by atoms with Crippen molar-refractivity contribution in [2.24, 2.45) is 5.92 Å². The maximum Gasteiger partial charge on any atom is 0.226 e. The molecule has 0 radical (unpaired) electrons. The number of hydrogen-bond acceptors (Lipinski definition) is 7. The number of halogens is 1. The Morgan fingerprint density at radius 1 is 1.33 bits per heavy atom. The standard InChI is InChI=1S/C16H17ClN4OS2/c1-10(2)7-18-15-20-21-16(24-15)23-9-13-8-22-14(19-13)11-4-3-5-12(17)6-11/h3-6,8,10H,7,9H2,1-2H3,(H,18,20). The fraction of sp³-hybridized carbons (Fsp3) is 0.312. The van der Waals surface area contributed by atoms with E-state index >= 15 is 0 Å². The van der Waals surface area contributed by atoms with Crippen LogP contribution in [0.1, 0.15) is 19.5 Å². The van der Waals surface area contributed by atoms with Crippen LogP contribution in [-0.2, 0) is 5.75 Å². The fourth-order valence-electron chi connectivity index (χ4n) is 1.89. The lowest BCUT2D eigenvalue weighted by Gasteiger charge is -2.03. The molecule has 0 spiro atoms. The van der Waals surface area contributed by atoms with Crippen LogP contribution in [0.5, 0.6) is 0 Å². The van der Waals surface area contributed by atoms with Crippen LogP contribution in [0.3, 0.4) is 0 Å². The SMILES string of the molecule is CC(C)CNc1nnc(SCc2coc(-c3cccc(Cl)c3)n2)s1. The highest BCUT2D eigenvalue weighted by atomic mass is 35.5. The number of anilines is 1. The normalized spacial score (nSPS) is 11.2. The molecule has 0 saturated carbocycles. The first kappa shape index (κ1) is 17.3. The summed E-state index contributed by atoms with van der Waals surface area (Å²) in [5.74, 6) is 1.83. The number of hydrogen-bond donors (Lipinski definition) is 1. The summed E-state index contributed by atoms with van der Waals surface area (Å²) >= 11 is 9.15. The van der Waals surface area contributed by atoms with Gasteiger partial charge < -0.3 is 9.73 Å². The molecule has 5 nitrogen and oxygen atoms in total. The van der Waals surface area contributed by atoms with Gasteiger partial charge in [0.25, 0.3) is 0 Å². The van der Waals surface area contributed by atoms with Crippen LogP contribution < -0.4 is 5.32 Å². The lowest BCUT2D eigenvalue weighted by atomic mass is 10.2. The first-order valence-electron chi connectivity index (χ1n) is 7.50. The van der Waals surface area contributed by atoms with Crippen LogP contribution in [0.2, 0.25) is 5.02 Å². The molecule has 1 N–H and O–H groups in total. The lowest BCUT2D eigenvalue weighted by Crippen LogP contribution is -2.07. The van der Waals surface area contributed by atoms with E-state index in [0.717, 1.165) is 27.3 Å². The molecule has 8 heteroatoms. The van der Waals surface area contributed by atoms with Gasteiger partial charge in [0.2, 0.25) is 11.0 Å². The van der Waals surface area contributed by atoms with Gasteiger partial charge in [-0.1, -0.05) is 54.6 Å². The molecule has 2 heterocycles. The zero-order valence-corrected chi connectivity index (χ0v) is 15.7.